The molecule has 1 rings (SSSR count). The van der Waals surface area contributed by atoms with Crippen molar-refractivity contribution >= 4 is 5.91 Å². The van der Waals surface area contributed by atoms with Crippen LogP contribution in [-0.2, 0) is 4.79 Å². The summed E-state index contributed by atoms with van der Waals surface area (Å²) in [5, 5.41) is 6.29. The Morgan fingerprint density at radius 3 is 2.76 bits per heavy atom. The first kappa shape index (κ1) is 14.5. The Bertz CT molecular complexity index is 245. The Morgan fingerprint density at radius 1 is 1.41 bits per heavy atom. The number of nitrogens with zero attached hydrogens (tertiary/aromatic N) is 1. The summed E-state index contributed by atoms with van der Waals surface area (Å²) in [6.07, 6.45) is 2.12. The molecule has 0 aromatic carbocycles. The summed E-state index contributed by atoms with van der Waals surface area (Å²) in [7, 11) is 2.17. The Hall–Kier alpha value is -0.610. The van der Waals surface area contributed by atoms with E-state index in [9.17, 15) is 4.79 Å². The van der Waals surface area contributed by atoms with Crippen molar-refractivity contribution in [3.8, 4) is 0 Å². The number of amides is 1. The Kier molecular flexibility index (Phi) is 5.92. The van der Waals surface area contributed by atoms with Crippen LogP contribution in [0.4, 0.5) is 0 Å². The van der Waals surface area contributed by atoms with Crippen molar-refractivity contribution in [2.45, 2.75) is 45.7 Å². The molecule has 0 unspecified atom stereocenters. The normalized spacial score (nSPS) is 30.2. The van der Waals surface area contributed by atoms with Crippen LogP contribution in [0.25, 0.3) is 0 Å². The maximum Gasteiger partial charge on any atom is 0.233 e. The minimum absolute atomic E-state index is 0.116. The van der Waals surface area contributed by atoms with Crippen LogP contribution in [0, 0.1) is 5.92 Å². The molecule has 3 atom stereocenters. The summed E-state index contributed by atoms with van der Waals surface area (Å²) in [5.41, 5.74) is 0. The quantitative estimate of drug-likeness (QED) is 0.749. The van der Waals surface area contributed by atoms with Crippen LogP contribution in [-0.4, -0.2) is 49.6 Å². The zero-order valence-electron chi connectivity index (χ0n) is 11.6. The van der Waals surface area contributed by atoms with E-state index < -0.39 is 0 Å². The number of piperidine rings is 1. The van der Waals surface area contributed by atoms with E-state index in [1.54, 1.807) is 0 Å². The molecule has 0 aromatic heterocycles. The highest BCUT2D eigenvalue weighted by Gasteiger charge is 2.28. The fourth-order valence-electron chi connectivity index (χ4n) is 2.38. The molecule has 0 spiro atoms. The van der Waals surface area contributed by atoms with E-state index in [0.29, 0.717) is 24.5 Å². The van der Waals surface area contributed by atoms with Crippen molar-refractivity contribution in [3.05, 3.63) is 0 Å². The number of nitrogens with one attached hydrogen (secondary N) is 2. The van der Waals surface area contributed by atoms with Crippen molar-refractivity contribution < 1.29 is 4.79 Å². The lowest BCUT2D eigenvalue weighted by atomic mass is 9.90. The van der Waals surface area contributed by atoms with E-state index in [-0.39, 0.29) is 5.91 Å². The lowest BCUT2D eigenvalue weighted by molar-refractivity contribution is -0.120. The molecule has 1 aliphatic heterocycles. The van der Waals surface area contributed by atoms with Crippen LogP contribution in [0.3, 0.4) is 0 Å². The monoisotopic (exact) mass is 241 g/mol. The van der Waals surface area contributed by atoms with Crippen LogP contribution < -0.4 is 10.6 Å². The van der Waals surface area contributed by atoms with Gasteiger partial charge in [-0.05, 0) is 32.7 Å². The number of hydrogen-bond acceptors (Lipinski definition) is 3. The van der Waals surface area contributed by atoms with E-state index in [1.165, 1.54) is 0 Å². The van der Waals surface area contributed by atoms with Gasteiger partial charge in [-0.25, -0.2) is 0 Å². The molecule has 2 N–H and O–H groups in total. The number of likely N-dealkylation sites (tertiary alicyclic amines) is 1. The smallest absolute Gasteiger partial charge is 0.233 e. The highest BCUT2D eigenvalue weighted by Crippen LogP contribution is 2.20. The molecular formula is C13H27N3O. The van der Waals surface area contributed by atoms with Crippen LogP contribution >= 0.6 is 0 Å². The van der Waals surface area contributed by atoms with Gasteiger partial charge in [0, 0.05) is 25.2 Å². The molecule has 1 heterocycles. The van der Waals surface area contributed by atoms with Crippen LogP contribution in [0.2, 0.25) is 0 Å². The lowest BCUT2D eigenvalue weighted by Gasteiger charge is -2.40. The molecule has 1 fully saturated rings. The largest absolute Gasteiger partial charge is 0.355 e. The van der Waals surface area contributed by atoms with Crippen molar-refractivity contribution in [1.82, 2.24) is 15.5 Å². The molecule has 4 nitrogen and oxygen atoms in total. The molecule has 17 heavy (non-hydrogen) atoms. The minimum Gasteiger partial charge on any atom is -0.355 e. The standard InChI is InChI=1S/C13H27N3O/c1-5-6-14-13(17)8-15-12-7-11(3)16(4)9-10(12)2/h10-12,15H,5-9H2,1-4H3,(H,14,17)/t10-,11+,12-/m1/s1. The Balaban J connectivity index is 2.28. The zero-order valence-corrected chi connectivity index (χ0v) is 11.6. The third-order valence-electron chi connectivity index (χ3n) is 3.71. The second kappa shape index (κ2) is 6.97. The SMILES string of the molecule is CCCNC(=O)CN[C@@H]1C[C@H](C)N(C)C[C@H]1C. The minimum atomic E-state index is 0.116. The fraction of sp³-hybridized carbons (Fsp3) is 0.923. The Morgan fingerprint density at radius 2 is 2.12 bits per heavy atom. The van der Waals surface area contributed by atoms with E-state index >= 15 is 0 Å². The first-order valence-electron chi connectivity index (χ1n) is 6.74. The molecule has 0 aromatic rings. The van der Waals surface area contributed by atoms with Crippen molar-refractivity contribution in [3.63, 3.8) is 0 Å². The van der Waals surface area contributed by atoms with Crippen molar-refractivity contribution in [2.75, 3.05) is 26.7 Å². The van der Waals surface area contributed by atoms with Crippen molar-refractivity contribution in [2.24, 2.45) is 5.92 Å². The predicted molar refractivity (Wildman–Crippen MR) is 71.0 cm³/mol. The summed E-state index contributed by atoms with van der Waals surface area (Å²) >= 11 is 0. The molecule has 1 amide bonds. The second-order valence-corrected chi connectivity index (χ2v) is 5.34. The molecule has 1 aliphatic rings. The average molecular weight is 241 g/mol. The number of rotatable bonds is 5. The summed E-state index contributed by atoms with van der Waals surface area (Å²) in [5.74, 6) is 0.723. The maximum absolute atomic E-state index is 11.5. The van der Waals surface area contributed by atoms with Gasteiger partial charge in [0.1, 0.15) is 0 Å². The van der Waals surface area contributed by atoms with Gasteiger partial charge in [-0.15, -0.1) is 0 Å². The molecular weight excluding hydrogens is 214 g/mol. The van der Waals surface area contributed by atoms with E-state index in [4.69, 9.17) is 0 Å². The molecule has 0 saturated carbocycles. The van der Waals surface area contributed by atoms with E-state index in [0.717, 1.165) is 25.9 Å². The lowest BCUT2D eigenvalue weighted by Crippen LogP contribution is -2.52. The van der Waals surface area contributed by atoms with Crippen molar-refractivity contribution in [1.29, 1.82) is 0 Å². The van der Waals surface area contributed by atoms with Gasteiger partial charge in [0.25, 0.3) is 0 Å². The van der Waals surface area contributed by atoms with Gasteiger partial charge in [0.15, 0.2) is 0 Å². The predicted octanol–water partition coefficient (Wildman–Crippen LogP) is 0.831. The Labute approximate surface area is 105 Å². The maximum atomic E-state index is 11.5. The van der Waals surface area contributed by atoms with Crippen LogP contribution in [0.1, 0.15) is 33.6 Å². The number of hydrogen-bond donors (Lipinski definition) is 2. The van der Waals surface area contributed by atoms with E-state index in [2.05, 4.69) is 43.4 Å². The third kappa shape index (κ3) is 4.64. The summed E-state index contributed by atoms with van der Waals surface area (Å²) in [6.45, 7) is 8.90. The molecule has 0 bridgehead atoms. The highest BCUT2D eigenvalue weighted by atomic mass is 16.1. The topological polar surface area (TPSA) is 44.4 Å². The second-order valence-electron chi connectivity index (χ2n) is 5.34. The molecule has 100 valence electrons. The molecule has 0 aliphatic carbocycles. The molecule has 0 radical (unpaired) electrons. The fourth-order valence-corrected chi connectivity index (χ4v) is 2.38. The number of carbonyl (C=O) groups excluding carboxylic acids is 1. The van der Waals surface area contributed by atoms with Gasteiger partial charge in [0.05, 0.1) is 6.54 Å². The summed E-state index contributed by atoms with van der Waals surface area (Å²) in [4.78, 5) is 13.9. The highest BCUT2D eigenvalue weighted by molar-refractivity contribution is 5.77. The van der Waals surface area contributed by atoms with Gasteiger partial charge < -0.3 is 15.5 Å². The molecule has 4 heteroatoms. The third-order valence-corrected chi connectivity index (χ3v) is 3.71. The van der Waals surface area contributed by atoms with Gasteiger partial charge in [-0.1, -0.05) is 13.8 Å². The first-order chi connectivity index (χ1) is 8.04. The van der Waals surface area contributed by atoms with Crippen LogP contribution in [0.5, 0.6) is 0 Å². The summed E-state index contributed by atoms with van der Waals surface area (Å²) in [6, 6.07) is 1.07. The molecule has 1 saturated heterocycles. The van der Waals surface area contributed by atoms with Crippen LogP contribution in [0.15, 0.2) is 0 Å². The zero-order chi connectivity index (χ0) is 12.8. The summed E-state index contributed by atoms with van der Waals surface area (Å²) < 4.78 is 0. The number of carbonyl (C=O) groups is 1. The van der Waals surface area contributed by atoms with Gasteiger partial charge >= 0.3 is 0 Å². The van der Waals surface area contributed by atoms with Gasteiger partial charge in [0.2, 0.25) is 5.91 Å². The van der Waals surface area contributed by atoms with Gasteiger partial charge in [-0.2, -0.15) is 0 Å². The first-order valence-corrected chi connectivity index (χ1v) is 6.74. The average Bonchev–Trinajstić information content (AvgIpc) is 2.29. The van der Waals surface area contributed by atoms with Gasteiger partial charge in [-0.3, -0.25) is 4.79 Å². The van der Waals surface area contributed by atoms with E-state index in [1.807, 2.05) is 0 Å².